The summed E-state index contributed by atoms with van der Waals surface area (Å²) in [5.41, 5.74) is 2.33. The van der Waals surface area contributed by atoms with Gasteiger partial charge in [-0.25, -0.2) is 0 Å². The van der Waals surface area contributed by atoms with Crippen molar-refractivity contribution < 1.29 is 9.47 Å². The Morgan fingerprint density at radius 3 is 2.93 bits per heavy atom. The number of nitrogens with zero attached hydrogens (tertiary/aromatic N) is 2. The standard InChI is InChI=1S/C21H30N4O2.HI/c1-22-21(24-11-4-13-26-15-17-9-14-27-16-17)25-12-8-19-6-2-5-18-7-3-10-23-20(18)19;/h2-3,5-7,10,17H,4,8-9,11-16H2,1H3,(H2,22,24,25);1H. The Morgan fingerprint density at radius 1 is 1.25 bits per heavy atom. The van der Waals surface area contributed by atoms with E-state index in [0.717, 1.165) is 70.3 Å². The number of ether oxygens (including phenoxy) is 2. The number of hydrogen-bond donors (Lipinski definition) is 2. The largest absolute Gasteiger partial charge is 0.381 e. The van der Waals surface area contributed by atoms with Crippen molar-refractivity contribution >= 4 is 40.8 Å². The van der Waals surface area contributed by atoms with Gasteiger partial charge in [0.15, 0.2) is 5.96 Å². The van der Waals surface area contributed by atoms with Crippen molar-refractivity contribution in [1.29, 1.82) is 0 Å². The molecule has 1 fully saturated rings. The Morgan fingerprint density at radius 2 is 2.11 bits per heavy atom. The second-order valence-corrected chi connectivity index (χ2v) is 6.83. The van der Waals surface area contributed by atoms with Gasteiger partial charge in [-0.15, -0.1) is 24.0 Å². The summed E-state index contributed by atoms with van der Waals surface area (Å²) in [7, 11) is 1.80. The normalized spacial score (nSPS) is 16.8. The number of halogens is 1. The molecule has 1 atom stereocenters. The number of guanidine groups is 1. The number of rotatable bonds is 9. The first-order chi connectivity index (χ1) is 13.4. The molecule has 6 nitrogen and oxygen atoms in total. The van der Waals surface area contributed by atoms with Gasteiger partial charge in [0.2, 0.25) is 0 Å². The molecule has 1 aromatic heterocycles. The number of hydrogen-bond acceptors (Lipinski definition) is 4. The summed E-state index contributed by atoms with van der Waals surface area (Å²) in [4.78, 5) is 8.79. The zero-order valence-electron chi connectivity index (χ0n) is 16.5. The highest BCUT2D eigenvalue weighted by Gasteiger charge is 2.15. The summed E-state index contributed by atoms with van der Waals surface area (Å²) in [6.07, 6.45) is 4.84. The van der Waals surface area contributed by atoms with E-state index >= 15 is 0 Å². The maximum absolute atomic E-state index is 5.73. The zero-order chi connectivity index (χ0) is 18.7. The molecule has 2 aromatic rings. The summed E-state index contributed by atoms with van der Waals surface area (Å²) in [6, 6.07) is 10.4. The third kappa shape index (κ3) is 7.18. The predicted molar refractivity (Wildman–Crippen MR) is 125 cm³/mol. The highest BCUT2D eigenvalue weighted by Crippen LogP contribution is 2.16. The number of fused-ring (bicyclic) bond motifs is 1. The van der Waals surface area contributed by atoms with E-state index < -0.39 is 0 Å². The Balaban J connectivity index is 0.00000280. The quantitative estimate of drug-likeness (QED) is 0.241. The molecule has 7 heteroatoms. The molecule has 3 rings (SSSR count). The average molecular weight is 498 g/mol. The van der Waals surface area contributed by atoms with Crippen LogP contribution in [0.3, 0.4) is 0 Å². The van der Waals surface area contributed by atoms with Crippen LogP contribution in [0.5, 0.6) is 0 Å². The Labute approximate surface area is 184 Å². The van der Waals surface area contributed by atoms with Gasteiger partial charge >= 0.3 is 0 Å². The smallest absolute Gasteiger partial charge is 0.190 e. The highest BCUT2D eigenvalue weighted by atomic mass is 127. The molecule has 1 unspecified atom stereocenters. The van der Waals surface area contributed by atoms with Crippen molar-refractivity contribution in [3.63, 3.8) is 0 Å². The Kier molecular flexibility index (Phi) is 10.5. The van der Waals surface area contributed by atoms with Gasteiger partial charge in [-0.2, -0.15) is 0 Å². The van der Waals surface area contributed by atoms with Crippen molar-refractivity contribution in [3.8, 4) is 0 Å². The number of aliphatic imine (C=N–C) groups is 1. The first-order valence-corrected chi connectivity index (χ1v) is 9.79. The second-order valence-electron chi connectivity index (χ2n) is 6.83. The van der Waals surface area contributed by atoms with Gasteiger partial charge in [-0.3, -0.25) is 9.98 Å². The van der Waals surface area contributed by atoms with Crippen LogP contribution >= 0.6 is 24.0 Å². The lowest BCUT2D eigenvalue weighted by molar-refractivity contribution is 0.0888. The number of benzene rings is 1. The van der Waals surface area contributed by atoms with Gasteiger partial charge in [-0.1, -0.05) is 24.3 Å². The lowest BCUT2D eigenvalue weighted by atomic mass is 10.1. The second kappa shape index (κ2) is 12.9. The summed E-state index contributed by atoms with van der Waals surface area (Å²) >= 11 is 0. The maximum Gasteiger partial charge on any atom is 0.190 e. The van der Waals surface area contributed by atoms with Gasteiger partial charge in [-0.05, 0) is 30.9 Å². The fourth-order valence-corrected chi connectivity index (χ4v) is 3.25. The van der Waals surface area contributed by atoms with Crippen LogP contribution in [-0.2, 0) is 15.9 Å². The Hall–Kier alpha value is -1.45. The molecule has 1 aromatic carbocycles. The number of para-hydroxylation sites is 1. The van der Waals surface area contributed by atoms with Gasteiger partial charge in [0.05, 0.1) is 18.7 Å². The van der Waals surface area contributed by atoms with Gasteiger partial charge in [0.1, 0.15) is 0 Å². The molecule has 2 N–H and O–H groups in total. The monoisotopic (exact) mass is 498 g/mol. The maximum atomic E-state index is 5.73. The van der Waals surface area contributed by atoms with Crippen molar-refractivity contribution in [2.24, 2.45) is 10.9 Å². The number of pyridine rings is 1. The van der Waals surface area contributed by atoms with Gasteiger partial charge in [0.25, 0.3) is 0 Å². The number of aromatic nitrogens is 1. The average Bonchev–Trinajstić information content (AvgIpc) is 3.23. The molecule has 0 saturated carbocycles. The molecule has 0 amide bonds. The molecular weight excluding hydrogens is 467 g/mol. The molecule has 1 aliphatic heterocycles. The van der Waals surface area contributed by atoms with Crippen molar-refractivity contribution in [1.82, 2.24) is 15.6 Å². The minimum Gasteiger partial charge on any atom is -0.381 e. The van der Waals surface area contributed by atoms with Crippen LogP contribution in [0.4, 0.5) is 0 Å². The van der Waals surface area contributed by atoms with E-state index in [2.05, 4.69) is 44.9 Å². The summed E-state index contributed by atoms with van der Waals surface area (Å²) in [6.45, 7) is 4.96. The third-order valence-electron chi connectivity index (χ3n) is 4.76. The molecule has 0 spiro atoms. The third-order valence-corrected chi connectivity index (χ3v) is 4.76. The van der Waals surface area contributed by atoms with Crippen LogP contribution < -0.4 is 10.6 Å². The lowest BCUT2D eigenvalue weighted by Gasteiger charge is -2.13. The summed E-state index contributed by atoms with van der Waals surface area (Å²) in [5.74, 6) is 1.41. The highest BCUT2D eigenvalue weighted by molar-refractivity contribution is 14.0. The van der Waals surface area contributed by atoms with E-state index in [0.29, 0.717) is 5.92 Å². The molecular formula is C21H31IN4O2. The zero-order valence-corrected chi connectivity index (χ0v) is 18.9. The molecule has 28 heavy (non-hydrogen) atoms. The van der Waals surface area contributed by atoms with E-state index in [4.69, 9.17) is 9.47 Å². The predicted octanol–water partition coefficient (Wildman–Crippen LogP) is 3.00. The topological polar surface area (TPSA) is 67.8 Å². The van der Waals surface area contributed by atoms with Crippen molar-refractivity contribution in [2.45, 2.75) is 19.3 Å². The lowest BCUT2D eigenvalue weighted by Crippen LogP contribution is -2.39. The first kappa shape index (κ1) is 22.8. The minimum atomic E-state index is 0. The molecule has 1 aliphatic rings. The first-order valence-electron chi connectivity index (χ1n) is 9.79. The fraction of sp³-hybridized carbons (Fsp3) is 0.524. The molecule has 2 heterocycles. The van der Waals surface area contributed by atoms with Crippen LogP contribution in [0.1, 0.15) is 18.4 Å². The van der Waals surface area contributed by atoms with E-state index in [1.54, 1.807) is 7.05 Å². The van der Waals surface area contributed by atoms with Gasteiger partial charge < -0.3 is 20.1 Å². The SMILES string of the molecule is CN=C(NCCCOCC1CCOC1)NCCc1cccc2cccnc12.I. The van der Waals surface area contributed by atoms with E-state index in [-0.39, 0.29) is 24.0 Å². The number of nitrogens with one attached hydrogen (secondary N) is 2. The van der Waals surface area contributed by atoms with E-state index in [9.17, 15) is 0 Å². The summed E-state index contributed by atoms with van der Waals surface area (Å²) < 4.78 is 11.1. The fourth-order valence-electron chi connectivity index (χ4n) is 3.25. The van der Waals surface area contributed by atoms with Crippen molar-refractivity contribution in [2.75, 3.05) is 46.6 Å². The van der Waals surface area contributed by atoms with E-state index in [1.807, 2.05) is 12.3 Å². The summed E-state index contributed by atoms with van der Waals surface area (Å²) in [5, 5.41) is 7.89. The molecule has 0 bridgehead atoms. The van der Waals surface area contributed by atoms with Gasteiger partial charge in [0, 0.05) is 50.9 Å². The van der Waals surface area contributed by atoms with Crippen LogP contribution in [0.15, 0.2) is 41.5 Å². The molecule has 1 saturated heterocycles. The van der Waals surface area contributed by atoms with Crippen LogP contribution in [0, 0.1) is 5.92 Å². The van der Waals surface area contributed by atoms with Crippen LogP contribution in [0.25, 0.3) is 10.9 Å². The van der Waals surface area contributed by atoms with Crippen molar-refractivity contribution in [3.05, 3.63) is 42.1 Å². The van der Waals surface area contributed by atoms with Crippen LogP contribution in [0.2, 0.25) is 0 Å². The van der Waals surface area contributed by atoms with Crippen LogP contribution in [-0.4, -0.2) is 57.5 Å². The molecule has 0 radical (unpaired) electrons. The van der Waals surface area contributed by atoms with E-state index in [1.165, 1.54) is 10.9 Å². The molecule has 0 aliphatic carbocycles. The minimum absolute atomic E-state index is 0. The molecule has 154 valence electrons. The Bertz CT molecular complexity index is 730.